The minimum Gasteiger partial charge on any atom is -0.454 e. The lowest BCUT2D eigenvalue weighted by Gasteiger charge is -2.21. The highest BCUT2D eigenvalue weighted by Gasteiger charge is 2.17. The lowest BCUT2D eigenvalue weighted by Crippen LogP contribution is -2.32. The standard InChI is InChI=1S/C20H21BrN2O4S/c1-2-23(10-14-6-7-17-18(8-14)27-13-26-17)20(25)12-28-11-19(24)22-16-5-3-4-15(21)9-16/h3-9H,2,10-13H2,1H3,(H,22,24). The summed E-state index contributed by atoms with van der Waals surface area (Å²) in [6.07, 6.45) is 0. The number of thioether (sulfide) groups is 1. The lowest BCUT2D eigenvalue weighted by atomic mass is 10.2. The van der Waals surface area contributed by atoms with Gasteiger partial charge in [0.1, 0.15) is 0 Å². The lowest BCUT2D eigenvalue weighted by molar-refractivity contribution is -0.128. The molecule has 2 aromatic rings. The molecule has 0 atom stereocenters. The summed E-state index contributed by atoms with van der Waals surface area (Å²) < 4.78 is 11.6. The number of hydrogen-bond acceptors (Lipinski definition) is 5. The summed E-state index contributed by atoms with van der Waals surface area (Å²) in [6, 6.07) is 13.1. The van der Waals surface area contributed by atoms with E-state index in [0.717, 1.165) is 21.5 Å². The van der Waals surface area contributed by atoms with E-state index >= 15 is 0 Å². The number of hydrogen-bond donors (Lipinski definition) is 1. The SMILES string of the molecule is CCN(Cc1ccc2c(c1)OCO2)C(=O)CSCC(=O)Nc1cccc(Br)c1. The van der Waals surface area contributed by atoms with Crippen LogP contribution in [0.5, 0.6) is 11.5 Å². The Bertz CT molecular complexity index is 862. The Morgan fingerprint density at radius 1 is 1.14 bits per heavy atom. The smallest absolute Gasteiger partial charge is 0.234 e. The highest BCUT2D eigenvalue weighted by molar-refractivity contribution is 9.10. The predicted octanol–water partition coefficient (Wildman–Crippen LogP) is 3.90. The van der Waals surface area contributed by atoms with E-state index in [1.165, 1.54) is 11.8 Å². The molecule has 0 fully saturated rings. The molecule has 0 saturated carbocycles. The molecular formula is C20H21BrN2O4S. The van der Waals surface area contributed by atoms with Crippen molar-refractivity contribution < 1.29 is 19.1 Å². The number of benzene rings is 2. The fourth-order valence-electron chi connectivity index (χ4n) is 2.72. The highest BCUT2D eigenvalue weighted by Crippen LogP contribution is 2.32. The second-order valence-corrected chi connectivity index (χ2v) is 8.05. The fraction of sp³-hybridized carbons (Fsp3) is 0.300. The van der Waals surface area contributed by atoms with Crippen LogP contribution in [0.15, 0.2) is 46.9 Å². The summed E-state index contributed by atoms with van der Waals surface area (Å²) in [4.78, 5) is 26.3. The molecular weight excluding hydrogens is 444 g/mol. The van der Waals surface area contributed by atoms with E-state index in [9.17, 15) is 9.59 Å². The number of nitrogens with zero attached hydrogens (tertiary/aromatic N) is 1. The highest BCUT2D eigenvalue weighted by atomic mass is 79.9. The number of anilines is 1. The molecule has 148 valence electrons. The van der Waals surface area contributed by atoms with Crippen LogP contribution in [0.2, 0.25) is 0 Å². The van der Waals surface area contributed by atoms with Crippen LogP contribution in [0.1, 0.15) is 12.5 Å². The molecule has 0 spiro atoms. The van der Waals surface area contributed by atoms with E-state index in [0.29, 0.717) is 18.8 Å². The number of fused-ring (bicyclic) bond motifs is 1. The van der Waals surface area contributed by atoms with E-state index < -0.39 is 0 Å². The second kappa shape index (κ2) is 9.84. The zero-order valence-electron chi connectivity index (χ0n) is 15.4. The molecule has 0 aromatic heterocycles. The Morgan fingerprint density at radius 3 is 2.75 bits per heavy atom. The van der Waals surface area contributed by atoms with Crippen LogP contribution in [-0.2, 0) is 16.1 Å². The number of amides is 2. The maximum absolute atomic E-state index is 12.5. The summed E-state index contributed by atoms with van der Waals surface area (Å²) in [5.41, 5.74) is 1.71. The Morgan fingerprint density at radius 2 is 1.96 bits per heavy atom. The van der Waals surface area contributed by atoms with Gasteiger partial charge in [-0.1, -0.05) is 28.1 Å². The van der Waals surface area contributed by atoms with Crippen LogP contribution >= 0.6 is 27.7 Å². The normalized spacial score (nSPS) is 11.9. The summed E-state index contributed by atoms with van der Waals surface area (Å²) in [5.74, 6) is 1.78. The molecule has 1 N–H and O–H groups in total. The summed E-state index contributed by atoms with van der Waals surface area (Å²) in [5, 5.41) is 2.82. The molecule has 0 saturated heterocycles. The predicted molar refractivity (Wildman–Crippen MR) is 114 cm³/mol. The molecule has 8 heteroatoms. The van der Waals surface area contributed by atoms with Crippen LogP contribution in [0.25, 0.3) is 0 Å². The van der Waals surface area contributed by atoms with Crippen molar-refractivity contribution in [1.29, 1.82) is 0 Å². The van der Waals surface area contributed by atoms with Crippen molar-refractivity contribution in [3.8, 4) is 11.5 Å². The van der Waals surface area contributed by atoms with Gasteiger partial charge in [0.05, 0.1) is 11.5 Å². The number of halogens is 1. The van der Waals surface area contributed by atoms with E-state index in [1.807, 2.05) is 49.4 Å². The monoisotopic (exact) mass is 464 g/mol. The molecule has 2 aromatic carbocycles. The number of carbonyl (C=O) groups excluding carboxylic acids is 2. The summed E-state index contributed by atoms with van der Waals surface area (Å²) in [7, 11) is 0. The first-order valence-corrected chi connectivity index (χ1v) is 10.8. The maximum atomic E-state index is 12.5. The largest absolute Gasteiger partial charge is 0.454 e. The van der Waals surface area contributed by atoms with Gasteiger partial charge < -0.3 is 19.7 Å². The average Bonchev–Trinajstić information content (AvgIpc) is 3.13. The Labute approximate surface area is 176 Å². The first kappa shape index (κ1) is 20.5. The fourth-order valence-corrected chi connectivity index (χ4v) is 3.84. The number of ether oxygens (including phenoxy) is 2. The molecule has 0 bridgehead atoms. The molecule has 1 heterocycles. The van der Waals surface area contributed by atoms with E-state index in [2.05, 4.69) is 21.2 Å². The molecule has 1 aliphatic rings. The van der Waals surface area contributed by atoms with Crippen molar-refractivity contribution in [2.75, 3.05) is 30.2 Å². The summed E-state index contributed by atoms with van der Waals surface area (Å²) >= 11 is 4.68. The molecule has 0 unspecified atom stereocenters. The zero-order valence-corrected chi connectivity index (χ0v) is 17.8. The third kappa shape index (κ3) is 5.65. The van der Waals surface area contributed by atoms with Crippen molar-refractivity contribution in [3.63, 3.8) is 0 Å². The molecule has 0 radical (unpaired) electrons. The van der Waals surface area contributed by atoms with Crippen LogP contribution in [0, 0.1) is 0 Å². The van der Waals surface area contributed by atoms with Crippen LogP contribution in [0.3, 0.4) is 0 Å². The van der Waals surface area contributed by atoms with Gasteiger partial charge in [-0.2, -0.15) is 0 Å². The molecule has 28 heavy (non-hydrogen) atoms. The van der Waals surface area contributed by atoms with Crippen molar-refractivity contribution >= 4 is 45.2 Å². The molecule has 2 amide bonds. The van der Waals surface area contributed by atoms with Gasteiger partial charge in [0.25, 0.3) is 0 Å². The van der Waals surface area contributed by atoms with Gasteiger partial charge in [-0.15, -0.1) is 11.8 Å². The Hall–Kier alpha value is -2.19. The Balaban J connectivity index is 1.45. The summed E-state index contributed by atoms with van der Waals surface area (Å²) in [6.45, 7) is 3.26. The van der Waals surface area contributed by atoms with E-state index in [1.54, 1.807) is 4.90 Å². The van der Waals surface area contributed by atoms with Gasteiger partial charge in [0, 0.05) is 23.2 Å². The second-order valence-electron chi connectivity index (χ2n) is 6.15. The molecule has 3 rings (SSSR count). The minimum absolute atomic E-state index is 0.000391. The van der Waals surface area contributed by atoms with Crippen LogP contribution in [0.4, 0.5) is 5.69 Å². The third-order valence-electron chi connectivity index (χ3n) is 4.11. The van der Waals surface area contributed by atoms with E-state index in [-0.39, 0.29) is 30.1 Å². The van der Waals surface area contributed by atoms with Crippen molar-refractivity contribution in [1.82, 2.24) is 4.90 Å². The van der Waals surface area contributed by atoms with Gasteiger partial charge in [-0.3, -0.25) is 9.59 Å². The number of carbonyl (C=O) groups is 2. The quantitative estimate of drug-likeness (QED) is 0.641. The maximum Gasteiger partial charge on any atom is 0.234 e. The average molecular weight is 465 g/mol. The molecule has 0 aliphatic carbocycles. The third-order valence-corrected chi connectivity index (χ3v) is 5.52. The van der Waals surface area contributed by atoms with Crippen LogP contribution in [-0.4, -0.2) is 41.6 Å². The molecule has 6 nitrogen and oxygen atoms in total. The van der Waals surface area contributed by atoms with Gasteiger partial charge in [0.2, 0.25) is 18.6 Å². The van der Waals surface area contributed by atoms with Crippen molar-refractivity contribution in [2.45, 2.75) is 13.5 Å². The van der Waals surface area contributed by atoms with Gasteiger partial charge in [-0.05, 0) is 42.8 Å². The van der Waals surface area contributed by atoms with Crippen molar-refractivity contribution in [2.24, 2.45) is 0 Å². The van der Waals surface area contributed by atoms with Gasteiger partial charge >= 0.3 is 0 Å². The zero-order chi connectivity index (χ0) is 19.9. The van der Waals surface area contributed by atoms with E-state index in [4.69, 9.17) is 9.47 Å². The van der Waals surface area contributed by atoms with Gasteiger partial charge in [-0.25, -0.2) is 0 Å². The first-order valence-electron chi connectivity index (χ1n) is 8.84. The first-order chi connectivity index (χ1) is 13.5. The van der Waals surface area contributed by atoms with Gasteiger partial charge in [0.15, 0.2) is 11.5 Å². The Kier molecular flexibility index (Phi) is 7.22. The number of rotatable bonds is 8. The topological polar surface area (TPSA) is 67.9 Å². The van der Waals surface area contributed by atoms with Crippen LogP contribution < -0.4 is 14.8 Å². The molecule has 1 aliphatic heterocycles. The minimum atomic E-state index is -0.130. The number of nitrogens with one attached hydrogen (secondary N) is 1. The van der Waals surface area contributed by atoms with Crippen molar-refractivity contribution in [3.05, 3.63) is 52.5 Å².